The summed E-state index contributed by atoms with van der Waals surface area (Å²) in [5, 5.41) is 2.40. The molecule has 1 aromatic carbocycles. The van der Waals surface area contributed by atoms with Gasteiger partial charge in [0.2, 0.25) is 0 Å². The van der Waals surface area contributed by atoms with Crippen LogP contribution in [0.5, 0.6) is 0 Å². The zero-order chi connectivity index (χ0) is 18.0. The van der Waals surface area contributed by atoms with Gasteiger partial charge < -0.3 is 4.57 Å². The fraction of sp³-hybridized carbons (Fsp3) is 0.263. The van der Waals surface area contributed by atoms with Crippen molar-refractivity contribution in [1.29, 1.82) is 0 Å². The molecule has 0 saturated carbocycles. The number of benzene rings is 1. The van der Waals surface area contributed by atoms with Crippen LogP contribution >= 0.6 is 35.0 Å². The van der Waals surface area contributed by atoms with Gasteiger partial charge in [0.25, 0.3) is 0 Å². The van der Waals surface area contributed by atoms with Crippen LogP contribution in [0.2, 0.25) is 10.0 Å². The van der Waals surface area contributed by atoms with Crippen molar-refractivity contribution in [1.82, 2.24) is 14.5 Å². The third kappa shape index (κ3) is 4.38. The van der Waals surface area contributed by atoms with E-state index in [2.05, 4.69) is 23.4 Å². The molecule has 0 bridgehead atoms. The number of hydrogen-bond donors (Lipinski definition) is 0. The Morgan fingerprint density at radius 3 is 2.32 bits per heavy atom. The first-order chi connectivity index (χ1) is 11.9. The molecule has 25 heavy (non-hydrogen) atoms. The average molecular weight is 392 g/mol. The van der Waals surface area contributed by atoms with Crippen LogP contribution in [0, 0.1) is 6.92 Å². The van der Waals surface area contributed by atoms with Crippen molar-refractivity contribution in [3.63, 3.8) is 0 Å². The highest BCUT2D eigenvalue weighted by atomic mass is 35.5. The van der Waals surface area contributed by atoms with Gasteiger partial charge in [0.15, 0.2) is 0 Å². The van der Waals surface area contributed by atoms with Gasteiger partial charge in [0.1, 0.15) is 10.9 Å². The summed E-state index contributed by atoms with van der Waals surface area (Å²) in [4.78, 5) is 9.91. The third-order valence-electron chi connectivity index (χ3n) is 3.82. The van der Waals surface area contributed by atoms with Gasteiger partial charge in [0.05, 0.1) is 5.69 Å². The molecule has 6 heteroatoms. The van der Waals surface area contributed by atoms with E-state index in [4.69, 9.17) is 28.2 Å². The van der Waals surface area contributed by atoms with Crippen LogP contribution in [-0.4, -0.2) is 14.5 Å². The van der Waals surface area contributed by atoms with Gasteiger partial charge in [-0.05, 0) is 48.7 Å². The summed E-state index contributed by atoms with van der Waals surface area (Å²) in [6, 6.07) is 9.66. The van der Waals surface area contributed by atoms with Gasteiger partial charge in [-0.3, -0.25) is 4.98 Å². The minimum absolute atomic E-state index is 0.328. The van der Waals surface area contributed by atoms with Crippen molar-refractivity contribution >= 4 is 35.0 Å². The zero-order valence-corrected chi connectivity index (χ0v) is 16.7. The Hall–Kier alpha value is -1.49. The molecule has 0 atom stereocenters. The van der Waals surface area contributed by atoms with E-state index in [9.17, 15) is 0 Å². The van der Waals surface area contributed by atoms with Crippen molar-refractivity contribution in [3.8, 4) is 0 Å². The molecular weight excluding hydrogens is 373 g/mol. The standard InChI is InChI=1S/C19H19Cl2N3S/c1-12(2)18-19(25-17-9-15(20)8-16(21)10-17)24(13(3)23-18)11-14-4-6-22-7-5-14/h4-10,12H,11H2,1-3H3. The lowest BCUT2D eigenvalue weighted by Crippen LogP contribution is -2.04. The van der Waals surface area contributed by atoms with E-state index in [-0.39, 0.29) is 0 Å². The van der Waals surface area contributed by atoms with Crippen LogP contribution < -0.4 is 0 Å². The van der Waals surface area contributed by atoms with Gasteiger partial charge >= 0.3 is 0 Å². The van der Waals surface area contributed by atoms with Gasteiger partial charge in [0, 0.05) is 33.9 Å². The van der Waals surface area contributed by atoms with Crippen molar-refractivity contribution in [2.24, 2.45) is 0 Å². The Morgan fingerprint density at radius 1 is 1.08 bits per heavy atom. The predicted molar refractivity (Wildman–Crippen MR) is 105 cm³/mol. The summed E-state index contributed by atoms with van der Waals surface area (Å²) in [6.45, 7) is 7.12. The van der Waals surface area contributed by atoms with E-state index in [1.54, 1.807) is 17.8 Å². The summed E-state index contributed by atoms with van der Waals surface area (Å²) >= 11 is 14.0. The maximum absolute atomic E-state index is 6.17. The van der Waals surface area contributed by atoms with Crippen LogP contribution in [0.25, 0.3) is 0 Å². The maximum Gasteiger partial charge on any atom is 0.107 e. The van der Waals surface area contributed by atoms with Crippen molar-refractivity contribution in [2.75, 3.05) is 0 Å². The normalized spacial score (nSPS) is 11.3. The maximum atomic E-state index is 6.17. The number of pyridine rings is 1. The lowest BCUT2D eigenvalue weighted by Gasteiger charge is -2.13. The summed E-state index contributed by atoms with van der Waals surface area (Å²) in [6.07, 6.45) is 3.63. The fourth-order valence-electron chi connectivity index (χ4n) is 2.61. The second-order valence-corrected chi connectivity index (χ2v) is 8.09. The summed E-state index contributed by atoms with van der Waals surface area (Å²) in [5.41, 5.74) is 2.28. The quantitative estimate of drug-likeness (QED) is 0.517. The molecule has 0 aliphatic carbocycles. The molecule has 0 N–H and O–H groups in total. The molecule has 0 radical (unpaired) electrons. The van der Waals surface area contributed by atoms with Crippen molar-refractivity contribution in [3.05, 3.63) is 69.9 Å². The highest BCUT2D eigenvalue weighted by molar-refractivity contribution is 7.99. The van der Waals surface area contributed by atoms with Crippen LogP contribution in [0.15, 0.2) is 52.6 Å². The molecule has 3 rings (SSSR count). The second-order valence-electron chi connectivity index (χ2n) is 6.15. The molecular formula is C19H19Cl2N3S. The molecule has 130 valence electrons. The van der Waals surface area contributed by atoms with Crippen molar-refractivity contribution < 1.29 is 0 Å². The smallest absolute Gasteiger partial charge is 0.107 e. The van der Waals surface area contributed by atoms with Gasteiger partial charge in [-0.25, -0.2) is 4.98 Å². The number of aromatic nitrogens is 3. The lowest BCUT2D eigenvalue weighted by atomic mass is 10.1. The number of nitrogens with zero attached hydrogens (tertiary/aromatic N) is 3. The molecule has 2 heterocycles. The van der Waals surface area contributed by atoms with E-state index in [0.29, 0.717) is 16.0 Å². The van der Waals surface area contributed by atoms with Gasteiger partial charge in [-0.2, -0.15) is 0 Å². The topological polar surface area (TPSA) is 30.7 Å². The van der Waals surface area contributed by atoms with Gasteiger partial charge in [-0.15, -0.1) is 0 Å². The first-order valence-corrected chi connectivity index (χ1v) is 9.61. The molecule has 2 aromatic heterocycles. The lowest BCUT2D eigenvalue weighted by molar-refractivity contribution is 0.689. The Labute approximate surface area is 162 Å². The van der Waals surface area contributed by atoms with Crippen LogP contribution in [0.4, 0.5) is 0 Å². The van der Waals surface area contributed by atoms with E-state index in [1.807, 2.05) is 43.6 Å². The largest absolute Gasteiger partial charge is 0.318 e. The van der Waals surface area contributed by atoms with E-state index >= 15 is 0 Å². The molecule has 0 aliphatic rings. The second kappa shape index (κ2) is 7.81. The highest BCUT2D eigenvalue weighted by Crippen LogP contribution is 2.37. The Morgan fingerprint density at radius 2 is 1.72 bits per heavy atom. The molecule has 3 nitrogen and oxygen atoms in total. The van der Waals surface area contributed by atoms with Crippen molar-refractivity contribution in [2.45, 2.75) is 43.2 Å². The molecule has 0 aliphatic heterocycles. The number of aryl methyl sites for hydroxylation is 1. The monoisotopic (exact) mass is 391 g/mol. The summed E-state index contributed by atoms with van der Waals surface area (Å²) in [5.74, 6) is 1.32. The third-order valence-corrected chi connectivity index (χ3v) is 5.36. The Kier molecular flexibility index (Phi) is 5.72. The number of imidazole rings is 1. The fourth-order valence-corrected chi connectivity index (χ4v) is 4.55. The Bertz CT molecular complexity index is 856. The molecule has 0 amide bonds. The minimum atomic E-state index is 0.328. The average Bonchev–Trinajstić information content (AvgIpc) is 2.84. The van der Waals surface area contributed by atoms with Crippen LogP contribution in [-0.2, 0) is 6.54 Å². The summed E-state index contributed by atoms with van der Waals surface area (Å²) in [7, 11) is 0. The van der Waals surface area contributed by atoms with E-state index in [0.717, 1.165) is 28.0 Å². The molecule has 0 saturated heterocycles. The molecule has 0 unspecified atom stereocenters. The number of halogens is 2. The van der Waals surface area contributed by atoms with Gasteiger partial charge in [-0.1, -0.05) is 48.8 Å². The molecule has 0 spiro atoms. The van der Waals surface area contributed by atoms with E-state index < -0.39 is 0 Å². The minimum Gasteiger partial charge on any atom is -0.318 e. The zero-order valence-electron chi connectivity index (χ0n) is 14.3. The molecule has 0 fully saturated rings. The molecule has 3 aromatic rings. The van der Waals surface area contributed by atoms with Crippen LogP contribution in [0.1, 0.15) is 36.8 Å². The van der Waals surface area contributed by atoms with E-state index in [1.165, 1.54) is 5.56 Å². The Balaban J connectivity index is 2.03. The van der Waals surface area contributed by atoms with Crippen LogP contribution in [0.3, 0.4) is 0 Å². The summed E-state index contributed by atoms with van der Waals surface area (Å²) < 4.78 is 2.24. The predicted octanol–water partition coefficient (Wildman–Crippen LogP) is 6.22. The SMILES string of the molecule is Cc1nc(C(C)C)c(Sc2cc(Cl)cc(Cl)c2)n1Cc1ccncc1. The number of hydrogen-bond acceptors (Lipinski definition) is 3. The first kappa shape index (κ1) is 18.3. The highest BCUT2D eigenvalue weighted by Gasteiger charge is 2.19. The first-order valence-electron chi connectivity index (χ1n) is 8.04. The number of rotatable bonds is 5.